The molecular weight excluding hydrogens is 231 g/mol. The summed E-state index contributed by atoms with van der Waals surface area (Å²) < 4.78 is 13.3. The molecule has 0 saturated carbocycles. The molecule has 0 fully saturated rings. The van der Waals surface area contributed by atoms with Crippen molar-refractivity contribution in [1.82, 2.24) is 9.97 Å². The van der Waals surface area contributed by atoms with E-state index in [1.165, 1.54) is 6.92 Å². The summed E-state index contributed by atoms with van der Waals surface area (Å²) in [5.74, 6) is -0.347. The molecule has 1 N–H and O–H groups in total. The average molecular weight is 246 g/mol. The Bertz CT molecular complexity index is 617. The van der Waals surface area contributed by atoms with Crippen LogP contribution in [0.5, 0.6) is 0 Å². The van der Waals surface area contributed by atoms with Gasteiger partial charge in [0.15, 0.2) is 0 Å². The predicted octanol–water partition coefficient (Wildman–Crippen LogP) is 2.54. The van der Waals surface area contributed by atoms with Crippen LogP contribution in [0.15, 0.2) is 35.1 Å². The maximum Gasteiger partial charge on any atom is 0.287 e. The zero-order valence-electron chi connectivity index (χ0n) is 10.6. The molecule has 18 heavy (non-hydrogen) atoms. The molecule has 0 bridgehead atoms. The van der Waals surface area contributed by atoms with E-state index in [0.717, 1.165) is 5.56 Å². The number of aromatic amines is 1. The molecule has 2 aromatic rings. The number of hydrogen-bond acceptors (Lipinski definition) is 2. The number of benzene rings is 1. The van der Waals surface area contributed by atoms with Crippen LogP contribution in [-0.4, -0.2) is 9.97 Å². The zero-order valence-corrected chi connectivity index (χ0v) is 10.6. The van der Waals surface area contributed by atoms with E-state index < -0.39 is 16.8 Å². The maximum atomic E-state index is 13.3. The number of nitrogens with one attached hydrogen (secondary N) is 1. The van der Waals surface area contributed by atoms with Crippen molar-refractivity contribution in [3.63, 3.8) is 0 Å². The SMILES string of the molecule is Cc1nc(C(C)(C)c2ccccc2)[nH]c(=O)c1F. The summed E-state index contributed by atoms with van der Waals surface area (Å²) >= 11 is 0. The van der Waals surface area contributed by atoms with E-state index >= 15 is 0 Å². The highest BCUT2D eigenvalue weighted by Crippen LogP contribution is 2.28. The van der Waals surface area contributed by atoms with Crippen LogP contribution in [0.3, 0.4) is 0 Å². The Morgan fingerprint density at radius 1 is 1.22 bits per heavy atom. The van der Waals surface area contributed by atoms with Crippen LogP contribution in [0.25, 0.3) is 0 Å². The van der Waals surface area contributed by atoms with Gasteiger partial charge < -0.3 is 4.98 Å². The molecule has 1 aromatic carbocycles. The largest absolute Gasteiger partial charge is 0.307 e. The lowest BCUT2D eigenvalue weighted by Crippen LogP contribution is -2.28. The van der Waals surface area contributed by atoms with E-state index in [2.05, 4.69) is 9.97 Å². The average Bonchev–Trinajstić information content (AvgIpc) is 2.36. The number of nitrogens with zero attached hydrogens (tertiary/aromatic N) is 1. The molecule has 2 rings (SSSR count). The van der Waals surface area contributed by atoms with Crippen molar-refractivity contribution >= 4 is 0 Å². The molecule has 0 unspecified atom stereocenters. The van der Waals surface area contributed by atoms with Crippen molar-refractivity contribution in [3.05, 3.63) is 63.6 Å². The van der Waals surface area contributed by atoms with E-state index in [-0.39, 0.29) is 5.69 Å². The Labute approximate surface area is 105 Å². The van der Waals surface area contributed by atoms with E-state index in [1.807, 2.05) is 44.2 Å². The highest BCUT2D eigenvalue weighted by atomic mass is 19.1. The standard InChI is InChI=1S/C14H15FN2O/c1-9-11(15)12(18)17-13(16-9)14(2,3)10-7-5-4-6-8-10/h4-8H,1-3H3,(H,16,17,18). The van der Waals surface area contributed by atoms with Crippen LogP contribution >= 0.6 is 0 Å². The molecule has 0 aliphatic heterocycles. The van der Waals surface area contributed by atoms with Crippen LogP contribution in [0.2, 0.25) is 0 Å². The number of aryl methyl sites for hydroxylation is 1. The Morgan fingerprint density at radius 2 is 1.83 bits per heavy atom. The Morgan fingerprint density at radius 3 is 2.39 bits per heavy atom. The van der Waals surface area contributed by atoms with Gasteiger partial charge in [0, 0.05) is 5.41 Å². The van der Waals surface area contributed by atoms with Gasteiger partial charge in [0.25, 0.3) is 5.56 Å². The number of aromatic nitrogens is 2. The molecule has 0 atom stereocenters. The quantitative estimate of drug-likeness (QED) is 0.885. The van der Waals surface area contributed by atoms with Crippen molar-refractivity contribution in [3.8, 4) is 0 Å². The Kier molecular flexibility index (Phi) is 3.03. The third-order valence-corrected chi connectivity index (χ3v) is 3.12. The van der Waals surface area contributed by atoms with Crippen LogP contribution in [0.1, 0.15) is 30.9 Å². The zero-order chi connectivity index (χ0) is 13.3. The van der Waals surface area contributed by atoms with E-state index in [1.54, 1.807) is 0 Å². The molecule has 94 valence electrons. The molecule has 0 amide bonds. The summed E-state index contributed by atoms with van der Waals surface area (Å²) in [5, 5.41) is 0. The topological polar surface area (TPSA) is 45.8 Å². The smallest absolute Gasteiger partial charge is 0.287 e. The second-order valence-corrected chi connectivity index (χ2v) is 4.80. The highest BCUT2D eigenvalue weighted by Gasteiger charge is 2.26. The minimum Gasteiger partial charge on any atom is -0.307 e. The summed E-state index contributed by atoms with van der Waals surface area (Å²) in [6.45, 7) is 5.38. The summed E-state index contributed by atoms with van der Waals surface area (Å²) in [5.41, 5.74) is -0.0581. The van der Waals surface area contributed by atoms with Crippen molar-refractivity contribution < 1.29 is 4.39 Å². The lowest BCUT2D eigenvalue weighted by molar-refractivity contribution is 0.542. The van der Waals surface area contributed by atoms with Gasteiger partial charge in [-0.05, 0) is 26.3 Å². The summed E-state index contributed by atoms with van der Waals surface area (Å²) in [4.78, 5) is 18.1. The summed E-state index contributed by atoms with van der Waals surface area (Å²) in [6.07, 6.45) is 0. The number of H-pyrrole nitrogens is 1. The van der Waals surface area contributed by atoms with Crippen molar-refractivity contribution in [2.75, 3.05) is 0 Å². The van der Waals surface area contributed by atoms with Gasteiger partial charge in [-0.1, -0.05) is 30.3 Å². The molecule has 1 heterocycles. The van der Waals surface area contributed by atoms with Gasteiger partial charge in [0.05, 0.1) is 5.69 Å². The van der Waals surface area contributed by atoms with Gasteiger partial charge in [0.2, 0.25) is 5.82 Å². The fourth-order valence-corrected chi connectivity index (χ4v) is 1.86. The molecule has 0 aliphatic rings. The third kappa shape index (κ3) is 2.06. The fraction of sp³-hybridized carbons (Fsp3) is 0.286. The first kappa shape index (κ1) is 12.5. The maximum absolute atomic E-state index is 13.3. The molecule has 0 spiro atoms. The minimum absolute atomic E-state index is 0.123. The van der Waals surface area contributed by atoms with Crippen molar-refractivity contribution in [1.29, 1.82) is 0 Å². The molecule has 0 saturated heterocycles. The van der Waals surface area contributed by atoms with Crippen LogP contribution in [0, 0.1) is 12.7 Å². The fourth-order valence-electron chi connectivity index (χ4n) is 1.86. The van der Waals surface area contributed by atoms with E-state index in [4.69, 9.17) is 0 Å². The third-order valence-electron chi connectivity index (χ3n) is 3.12. The molecule has 4 heteroatoms. The Hall–Kier alpha value is -1.97. The second-order valence-electron chi connectivity index (χ2n) is 4.80. The monoisotopic (exact) mass is 246 g/mol. The van der Waals surface area contributed by atoms with Gasteiger partial charge in [-0.2, -0.15) is 4.39 Å². The molecule has 1 aromatic heterocycles. The summed E-state index contributed by atoms with van der Waals surface area (Å²) in [6, 6.07) is 9.68. The van der Waals surface area contributed by atoms with Crippen LogP contribution in [-0.2, 0) is 5.41 Å². The predicted molar refractivity (Wildman–Crippen MR) is 68.1 cm³/mol. The van der Waals surface area contributed by atoms with Crippen molar-refractivity contribution in [2.45, 2.75) is 26.2 Å². The van der Waals surface area contributed by atoms with E-state index in [9.17, 15) is 9.18 Å². The van der Waals surface area contributed by atoms with Gasteiger partial charge in [-0.25, -0.2) is 4.98 Å². The first-order chi connectivity index (χ1) is 8.43. The molecule has 0 aliphatic carbocycles. The first-order valence-electron chi connectivity index (χ1n) is 5.75. The number of hydrogen-bond donors (Lipinski definition) is 1. The van der Waals surface area contributed by atoms with Crippen LogP contribution < -0.4 is 5.56 Å². The normalized spacial score (nSPS) is 11.6. The van der Waals surface area contributed by atoms with Gasteiger partial charge in [-0.3, -0.25) is 4.79 Å². The lowest BCUT2D eigenvalue weighted by Gasteiger charge is -2.24. The second kappa shape index (κ2) is 4.37. The van der Waals surface area contributed by atoms with Crippen LogP contribution in [0.4, 0.5) is 4.39 Å². The molecular formula is C14H15FN2O. The molecule has 3 nitrogen and oxygen atoms in total. The van der Waals surface area contributed by atoms with Gasteiger partial charge in [0.1, 0.15) is 5.82 Å². The minimum atomic E-state index is -0.817. The van der Waals surface area contributed by atoms with Gasteiger partial charge >= 0.3 is 0 Å². The number of rotatable bonds is 2. The van der Waals surface area contributed by atoms with E-state index in [0.29, 0.717) is 5.82 Å². The van der Waals surface area contributed by atoms with Crippen molar-refractivity contribution in [2.24, 2.45) is 0 Å². The van der Waals surface area contributed by atoms with Gasteiger partial charge in [-0.15, -0.1) is 0 Å². The summed E-state index contributed by atoms with van der Waals surface area (Å²) in [7, 11) is 0. The Balaban J connectivity index is 2.58. The molecule has 0 radical (unpaired) electrons. The highest BCUT2D eigenvalue weighted by molar-refractivity contribution is 5.30. The first-order valence-corrected chi connectivity index (χ1v) is 5.75. The number of halogens is 1. The lowest BCUT2D eigenvalue weighted by atomic mass is 9.84.